The molecule has 0 bridgehead atoms. The Labute approximate surface area is 89.6 Å². The van der Waals surface area contributed by atoms with Gasteiger partial charge in [-0.2, -0.15) is 0 Å². The maximum atomic E-state index is 10.6. The fraction of sp³-hybridized carbons (Fsp3) is 0.700. The highest BCUT2D eigenvalue weighted by Gasteiger charge is 2.01. The molecule has 0 spiro atoms. The highest BCUT2D eigenvalue weighted by molar-refractivity contribution is 5.81. The first-order valence-corrected chi connectivity index (χ1v) is 4.80. The summed E-state index contributed by atoms with van der Waals surface area (Å²) < 4.78 is 15.0. The third-order valence-corrected chi connectivity index (χ3v) is 1.48. The normalized spacial score (nSPS) is 12.1. The predicted octanol–water partition coefficient (Wildman–Crippen LogP) is 0.130. The molecule has 0 aromatic carbocycles. The molecule has 0 amide bonds. The SMILES string of the molecule is C=CC(=O)OCCOCC(C)OCCO. The predicted molar refractivity (Wildman–Crippen MR) is 54.5 cm³/mol. The Bertz CT molecular complexity index is 181. The van der Waals surface area contributed by atoms with Crippen molar-refractivity contribution in [3.05, 3.63) is 12.7 Å². The number of aliphatic hydroxyl groups is 1. The number of carbonyl (C=O) groups excluding carboxylic acids is 1. The molecule has 1 N–H and O–H groups in total. The fourth-order valence-electron chi connectivity index (χ4n) is 0.811. The van der Waals surface area contributed by atoms with Gasteiger partial charge in [-0.1, -0.05) is 6.58 Å². The molecule has 0 saturated carbocycles. The largest absolute Gasteiger partial charge is 0.460 e. The Balaban J connectivity index is 3.22. The van der Waals surface area contributed by atoms with Crippen LogP contribution in [0.4, 0.5) is 0 Å². The maximum Gasteiger partial charge on any atom is 0.330 e. The molecule has 1 unspecified atom stereocenters. The van der Waals surface area contributed by atoms with Crippen molar-refractivity contribution >= 4 is 5.97 Å². The minimum atomic E-state index is -0.455. The second-order valence-corrected chi connectivity index (χ2v) is 2.85. The Hall–Kier alpha value is -0.910. The molecular formula is C10H18O5. The first kappa shape index (κ1) is 14.1. The van der Waals surface area contributed by atoms with E-state index in [-0.39, 0.29) is 19.3 Å². The van der Waals surface area contributed by atoms with Crippen molar-refractivity contribution in [2.24, 2.45) is 0 Å². The lowest BCUT2D eigenvalue weighted by atomic mass is 10.4. The molecule has 0 radical (unpaired) electrons. The molecule has 0 saturated heterocycles. The molecule has 0 rings (SSSR count). The summed E-state index contributed by atoms with van der Waals surface area (Å²) in [6.07, 6.45) is 1.03. The molecule has 15 heavy (non-hydrogen) atoms. The van der Waals surface area contributed by atoms with Gasteiger partial charge in [0.1, 0.15) is 6.61 Å². The van der Waals surface area contributed by atoms with Crippen LogP contribution in [0.2, 0.25) is 0 Å². The third kappa shape index (κ3) is 9.40. The van der Waals surface area contributed by atoms with Crippen molar-refractivity contribution in [3.63, 3.8) is 0 Å². The van der Waals surface area contributed by atoms with Crippen molar-refractivity contribution in [3.8, 4) is 0 Å². The van der Waals surface area contributed by atoms with Gasteiger partial charge in [0.25, 0.3) is 0 Å². The van der Waals surface area contributed by atoms with E-state index >= 15 is 0 Å². The quantitative estimate of drug-likeness (QED) is 0.338. The van der Waals surface area contributed by atoms with Crippen LogP contribution >= 0.6 is 0 Å². The second kappa shape index (κ2) is 9.64. The van der Waals surface area contributed by atoms with Crippen LogP contribution in [0.25, 0.3) is 0 Å². The lowest BCUT2D eigenvalue weighted by Crippen LogP contribution is -2.19. The lowest BCUT2D eigenvalue weighted by molar-refractivity contribution is -0.139. The van der Waals surface area contributed by atoms with Crippen LogP contribution in [-0.2, 0) is 19.0 Å². The first-order valence-electron chi connectivity index (χ1n) is 4.80. The van der Waals surface area contributed by atoms with E-state index in [4.69, 9.17) is 19.3 Å². The molecule has 0 aromatic heterocycles. The number of hydrogen-bond donors (Lipinski definition) is 1. The minimum Gasteiger partial charge on any atom is -0.460 e. The number of rotatable bonds is 9. The van der Waals surface area contributed by atoms with E-state index in [1.165, 1.54) is 0 Å². The number of aliphatic hydroxyl groups excluding tert-OH is 1. The lowest BCUT2D eigenvalue weighted by Gasteiger charge is -2.12. The zero-order valence-electron chi connectivity index (χ0n) is 8.98. The summed E-state index contributed by atoms with van der Waals surface area (Å²) in [5, 5.41) is 8.48. The number of ether oxygens (including phenoxy) is 3. The molecule has 0 aliphatic rings. The molecule has 0 heterocycles. The Morgan fingerprint density at radius 2 is 2.20 bits per heavy atom. The zero-order valence-corrected chi connectivity index (χ0v) is 8.98. The Morgan fingerprint density at radius 3 is 2.80 bits per heavy atom. The molecular weight excluding hydrogens is 200 g/mol. The fourth-order valence-corrected chi connectivity index (χ4v) is 0.811. The van der Waals surface area contributed by atoms with Gasteiger partial charge in [0.15, 0.2) is 0 Å². The zero-order chi connectivity index (χ0) is 11.5. The number of esters is 1. The summed E-state index contributed by atoms with van der Waals surface area (Å²) in [6, 6.07) is 0. The topological polar surface area (TPSA) is 65.0 Å². The standard InChI is InChI=1S/C10H18O5/c1-3-10(12)15-7-6-13-8-9(2)14-5-4-11/h3,9,11H,1,4-8H2,2H3. The van der Waals surface area contributed by atoms with Crippen LogP contribution in [0.15, 0.2) is 12.7 Å². The van der Waals surface area contributed by atoms with Crippen molar-refractivity contribution in [1.82, 2.24) is 0 Å². The van der Waals surface area contributed by atoms with Gasteiger partial charge in [0.05, 0.1) is 32.5 Å². The molecule has 88 valence electrons. The van der Waals surface area contributed by atoms with Gasteiger partial charge in [-0.3, -0.25) is 0 Å². The Kier molecular flexibility index (Phi) is 9.05. The highest BCUT2D eigenvalue weighted by Crippen LogP contribution is 1.91. The van der Waals surface area contributed by atoms with Crippen LogP contribution in [0.3, 0.4) is 0 Å². The van der Waals surface area contributed by atoms with Crippen molar-refractivity contribution in [2.75, 3.05) is 33.0 Å². The molecule has 0 fully saturated rings. The summed E-state index contributed by atoms with van der Waals surface area (Å²) in [4.78, 5) is 10.6. The van der Waals surface area contributed by atoms with Gasteiger partial charge < -0.3 is 19.3 Å². The van der Waals surface area contributed by atoms with Crippen LogP contribution in [0, 0.1) is 0 Å². The Morgan fingerprint density at radius 1 is 1.47 bits per heavy atom. The third-order valence-electron chi connectivity index (χ3n) is 1.48. The van der Waals surface area contributed by atoms with Crippen molar-refractivity contribution in [1.29, 1.82) is 0 Å². The van der Waals surface area contributed by atoms with Gasteiger partial charge in [-0.15, -0.1) is 0 Å². The molecule has 1 atom stereocenters. The minimum absolute atomic E-state index is 0.00128. The van der Waals surface area contributed by atoms with Crippen LogP contribution < -0.4 is 0 Å². The van der Waals surface area contributed by atoms with E-state index in [0.717, 1.165) is 6.08 Å². The van der Waals surface area contributed by atoms with Crippen molar-refractivity contribution < 1.29 is 24.1 Å². The smallest absolute Gasteiger partial charge is 0.330 e. The van der Waals surface area contributed by atoms with E-state index in [2.05, 4.69) is 6.58 Å². The maximum absolute atomic E-state index is 10.6. The highest BCUT2D eigenvalue weighted by atomic mass is 16.6. The van der Waals surface area contributed by atoms with E-state index in [1.807, 2.05) is 6.92 Å². The van der Waals surface area contributed by atoms with E-state index in [1.54, 1.807) is 0 Å². The van der Waals surface area contributed by atoms with E-state index in [9.17, 15) is 4.79 Å². The van der Waals surface area contributed by atoms with Gasteiger partial charge in [-0.25, -0.2) is 4.79 Å². The van der Waals surface area contributed by atoms with Gasteiger partial charge in [-0.05, 0) is 6.92 Å². The van der Waals surface area contributed by atoms with Crippen LogP contribution in [0.5, 0.6) is 0 Å². The molecule has 0 aliphatic heterocycles. The van der Waals surface area contributed by atoms with E-state index in [0.29, 0.717) is 19.8 Å². The van der Waals surface area contributed by atoms with E-state index < -0.39 is 5.97 Å². The molecule has 5 nitrogen and oxygen atoms in total. The molecule has 0 aliphatic carbocycles. The van der Waals surface area contributed by atoms with Gasteiger partial charge in [0, 0.05) is 6.08 Å². The van der Waals surface area contributed by atoms with Gasteiger partial charge in [0.2, 0.25) is 0 Å². The summed E-state index contributed by atoms with van der Waals surface area (Å²) in [7, 11) is 0. The molecule has 0 aromatic rings. The monoisotopic (exact) mass is 218 g/mol. The molecule has 5 heteroatoms. The summed E-state index contributed by atoms with van der Waals surface area (Å²) >= 11 is 0. The first-order chi connectivity index (χ1) is 7.20. The van der Waals surface area contributed by atoms with Crippen LogP contribution in [0.1, 0.15) is 6.92 Å². The number of carbonyl (C=O) groups is 1. The summed E-state index contributed by atoms with van der Waals surface area (Å²) in [5.74, 6) is -0.455. The van der Waals surface area contributed by atoms with Crippen LogP contribution in [-0.4, -0.2) is 50.2 Å². The second-order valence-electron chi connectivity index (χ2n) is 2.85. The average Bonchev–Trinajstić information content (AvgIpc) is 2.25. The number of hydrogen-bond acceptors (Lipinski definition) is 5. The summed E-state index contributed by atoms with van der Waals surface area (Å²) in [6.45, 7) is 6.34. The summed E-state index contributed by atoms with van der Waals surface area (Å²) in [5.41, 5.74) is 0. The average molecular weight is 218 g/mol. The van der Waals surface area contributed by atoms with Crippen molar-refractivity contribution in [2.45, 2.75) is 13.0 Å². The van der Waals surface area contributed by atoms with Gasteiger partial charge >= 0.3 is 5.97 Å².